The lowest BCUT2D eigenvalue weighted by molar-refractivity contribution is 0.492. The van der Waals surface area contributed by atoms with Crippen LogP contribution in [0.25, 0.3) is 30.6 Å². The predicted molar refractivity (Wildman–Crippen MR) is 189 cm³/mol. The van der Waals surface area contributed by atoms with Crippen LogP contribution in [-0.2, 0) is 25.1 Å². The van der Waals surface area contributed by atoms with Crippen LogP contribution in [0.4, 0.5) is 10.0 Å². The molecule has 9 nitrogen and oxygen atoms in total. The van der Waals surface area contributed by atoms with E-state index in [0.29, 0.717) is 34.0 Å². The highest BCUT2D eigenvalue weighted by molar-refractivity contribution is 8.08. The second-order valence-corrected chi connectivity index (χ2v) is 17.0. The molecule has 0 bridgehead atoms. The van der Waals surface area contributed by atoms with E-state index in [2.05, 4.69) is 28.5 Å². The topological polar surface area (TPSA) is 126 Å². The fourth-order valence-electron chi connectivity index (χ4n) is 6.80. The molecule has 4 heterocycles. The van der Waals surface area contributed by atoms with E-state index in [0.717, 1.165) is 20.9 Å². The van der Waals surface area contributed by atoms with Crippen LogP contribution in [0.5, 0.6) is 0 Å². The first-order valence-electron chi connectivity index (χ1n) is 14.7. The summed E-state index contributed by atoms with van der Waals surface area (Å²) in [5, 5.41) is 10.1. The number of thiophene rings is 2. The Kier molecular flexibility index (Phi) is 7.28. The maximum atomic E-state index is 13.7. The Labute approximate surface area is 286 Å². The zero-order chi connectivity index (χ0) is 34.2. The number of rotatable bonds is 4. The molecule has 0 amide bonds. The molecule has 236 valence electrons. The molecule has 0 atom stereocenters. The number of nitrogens with zero attached hydrogens (tertiary/aromatic N) is 5. The van der Waals surface area contributed by atoms with E-state index in [1.165, 1.54) is 34.8 Å². The minimum Gasteiger partial charge on any atom is -0.242 e. The average molecular weight is 706 g/mol. The van der Waals surface area contributed by atoms with Gasteiger partial charge in [-0.2, -0.15) is 0 Å². The van der Waals surface area contributed by atoms with Gasteiger partial charge in [0.15, 0.2) is 15.8 Å². The van der Waals surface area contributed by atoms with Crippen molar-refractivity contribution in [2.45, 2.75) is 48.8 Å². The maximum absolute atomic E-state index is 13.7. The lowest BCUT2D eigenvalue weighted by Crippen LogP contribution is -2.22. The maximum Gasteiger partial charge on any atom is 0.272 e. The van der Waals surface area contributed by atoms with Crippen molar-refractivity contribution >= 4 is 73.6 Å². The van der Waals surface area contributed by atoms with Gasteiger partial charge in [0.2, 0.25) is 19.7 Å². The van der Waals surface area contributed by atoms with Crippen molar-refractivity contribution in [3.8, 4) is 15.8 Å². The number of nitriles is 1. The molecule has 0 saturated carbocycles. The monoisotopic (exact) mass is 705 g/mol. The number of hydrogen-bond donors (Lipinski definition) is 0. The van der Waals surface area contributed by atoms with Crippen molar-refractivity contribution in [3.63, 3.8) is 0 Å². The van der Waals surface area contributed by atoms with Gasteiger partial charge in [-0.3, -0.25) is 0 Å². The number of fused-ring (bicyclic) bond motifs is 5. The Hall–Kier alpha value is -4.97. The summed E-state index contributed by atoms with van der Waals surface area (Å²) in [4.78, 5) is 18.1. The number of benzene rings is 2. The van der Waals surface area contributed by atoms with Crippen LogP contribution in [0.1, 0.15) is 55.9 Å². The zero-order valence-corrected chi connectivity index (χ0v) is 29.0. The van der Waals surface area contributed by atoms with Crippen LogP contribution in [-0.4, -0.2) is 26.9 Å². The molecule has 13 heteroatoms. The van der Waals surface area contributed by atoms with E-state index in [4.69, 9.17) is 18.1 Å². The molecule has 1 aliphatic carbocycles. The highest BCUT2D eigenvalue weighted by atomic mass is 32.2. The molecule has 2 aromatic carbocycles. The lowest BCUT2D eigenvalue weighted by Gasteiger charge is -2.27. The lowest BCUT2D eigenvalue weighted by atomic mass is 9.75. The highest BCUT2D eigenvalue weighted by Crippen LogP contribution is 2.61. The minimum absolute atomic E-state index is 0.00108. The molecule has 0 saturated heterocycles. The SMILES string of the molecule is [C-]#[N+]C(C)=C1C(=Nc2cc3c(s2)-c2sc(N=C4/C(=C(\C#N)[N+]#[C-])c5ccccc5S4(=O)=O)cc2C3(CC)CC)S(=O)(=O)c2ccccc21. The molecule has 2 aromatic heterocycles. The molecule has 0 unspecified atom stereocenters. The van der Waals surface area contributed by atoms with Crippen LogP contribution < -0.4 is 0 Å². The first kappa shape index (κ1) is 31.6. The Balaban J connectivity index is 1.41. The third-order valence-corrected chi connectivity index (χ3v) is 14.8. The van der Waals surface area contributed by atoms with E-state index in [1.54, 1.807) is 43.3 Å². The largest absolute Gasteiger partial charge is 0.272 e. The van der Waals surface area contributed by atoms with E-state index in [1.807, 2.05) is 18.2 Å². The molecule has 0 spiro atoms. The predicted octanol–water partition coefficient (Wildman–Crippen LogP) is 8.74. The van der Waals surface area contributed by atoms with Gasteiger partial charge in [0.25, 0.3) is 5.70 Å². The normalized spacial score (nSPS) is 21.1. The second kappa shape index (κ2) is 11.0. The van der Waals surface area contributed by atoms with Crippen LogP contribution >= 0.6 is 22.7 Å². The van der Waals surface area contributed by atoms with E-state index in [9.17, 15) is 22.1 Å². The summed E-state index contributed by atoms with van der Waals surface area (Å²) in [7, 11) is -8.07. The van der Waals surface area contributed by atoms with Crippen molar-refractivity contribution in [2.75, 3.05) is 0 Å². The van der Waals surface area contributed by atoms with Crippen molar-refractivity contribution in [1.29, 1.82) is 5.26 Å². The third kappa shape index (κ3) is 4.21. The first-order chi connectivity index (χ1) is 23.0. The third-order valence-electron chi connectivity index (χ3n) is 9.12. The minimum atomic E-state index is -4.10. The summed E-state index contributed by atoms with van der Waals surface area (Å²) in [6.07, 6.45) is 1.42. The van der Waals surface area contributed by atoms with Gasteiger partial charge < -0.3 is 0 Å². The molecule has 0 fully saturated rings. The summed E-state index contributed by atoms with van der Waals surface area (Å²) in [5.41, 5.74) is 2.48. The van der Waals surface area contributed by atoms with Crippen molar-refractivity contribution in [3.05, 3.63) is 117 Å². The number of sulfone groups is 2. The van der Waals surface area contributed by atoms with E-state index < -0.39 is 25.1 Å². The molecular formula is C35H23N5O4S4. The molecule has 3 aliphatic rings. The van der Waals surface area contributed by atoms with Gasteiger partial charge in [0, 0.05) is 16.6 Å². The van der Waals surface area contributed by atoms with Gasteiger partial charge in [-0.25, -0.2) is 41.8 Å². The van der Waals surface area contributed by atoms with E-state index >= 15 is 0 Å². The highest BCUT2D eigenvalue weighted by Gasteiger charge is 2.45. The van der Waals surface area contributed by atoms with Gasteiger partial charge >= 0.3 is 0 Å². The molecule has 0 radical (unpaired) electrons. The fraction of sp³-hybridized carbons (Fsp3) is 0.171. The molecule has 2 aliphatic heterocycles. The van der Waals surface area contributed by atoms with Crippen LogP contribution in [0.3, 0.4) is 0 Å². The Morgan fingerprint density at radius 2 is 1.25 bits per heavy atom. The summed E-state index contributed by atoms with van der Waals surface area (Å²) in [6, 6.07) is 18.5. The molecule has 7 rings (SSSR count). The molecule has 0 N–H and O–H groups in total. The van der Waals surface area contributed by atoms with Crippen molar-refractivity contribution in [1.82, 2.24) is 0 Å². The van der Waals surface area contributed by atoms with E-state index in [-0.39, 0.29) is 42.4 Å². The van der Waals surface area contributed by atoms with Crippen LogP contribution in [0.2, 0.25) is 0 Å². The fourth-order valence-corrected chi connectivity index (χ4v) is 12.6. The van der Waals surface area contributed by atoms with Gasteiger partial charge in [-0.1, -0.05) is 50.2 Å². The second-order valence-electron chi connectivity index (χ2n) is 11.3. The van der Waals surface area contributed by atoms with Crippen molar-refractivity contribution < 1.29 is 16.8 Å². The van der Waals surface area contributed by atoms with Gasteiger partial charge in [-0.15, -0.1) is 22.7 Å². The molecular weight excluding hydrogens is 683 g/mol. The van der Waals surface area contributed by atoms with Gasteiger partial charge in [-0.05, 0) is 66.3 Å². The smallest absolute Gasteiger partial charge is 0.242 e. The average Bonchev–Trinajstić information content (AvgIpc) is 3.84. The van der Waals surface area contributed by atoms with Gasteiger partial charge in [0.1, 0.15) is 10.0 Å². The van der Waals surface area contributed by atoms with Crippen LogP contribution in [0, 0.1) is 24.5 Å². The quantitative estimate of drug-likeness (QED) is 0.155. The first-order valence-corrected chi connectivity index (χ1v) is 19.3. The standard InChI is InChI=1S/C35H23N5O4S4/c1-6-35(7-2)22-16-27(39-33-29(19(3)37-4)20-12-8-10-14-25(20)47(33,41)42)45-31(22)32-23(35)17-28(46-32)40-34-30(24(18-36)38-5)21-13-9-11-15-26(21)48(34,43)44/h8-17H,6-7H2,1-3H3/b29-19?,30-24+,39-33?,40-34?. The summed E-state index contributed by atoms with van der Waals surface area (Å²) in [5.74, 6) is 0. The zero-order valence-electron chi connectivity index (χ0n) is 25.7. The number of aliphatic imine (C=N–C) groups is 2. The summed E-state index contributed by atoms with van der Waals surface area (Å²) in [6.45, 7) is 20.9. The summed E-state index contributed by atoms with van der Waals surface area (Å²) >= 11 is 2.65. The number of allylic oxidation sites excluding steroid dienone is 2. The number of hydrogen-bond acceptors (Lipinski definition) is 9. The Morgan fingerprint density at radius 1 is 0.792 bits per heavy atom. The van der Waals surface area contributed by atoms with Crippen LogP contribution in [0.15, 0.2) is 91.8 Å². The Morgan fingerprint density at radius 3 is 1.69 bits per heavy atom. The van der Waals surface area contributed by atoms with Gasteiger partial charge in [0.05, 0.1) is 38.8 Å². The Bertz CT molecular complexity index is 2590. The molecule has 4 aromatic rings. The molecule has 48 heavy (non-hydrogen) atoms. The summed E-state index contributed by atoms with van der Waals surface area (Å²) < 4.78 is 54.8. The van der Waals surface area contributed by atoms with Crippen molar-refractivity contribution in [2.24, 2.45) is 9.98 Å².